The normalized spacial score (nSPS) is 26.6. The minimum atomic E-state index is -0.500. The molecule has 0 atom stereocenters. The monoisotopic (exact) mass is 281 g/mol. The van der Waals surface area contributed by atoms with Crippen molar-refractivity contribution in [1.82, 2.24) is 5.32 Å². The Bertz CT molecular complexity index is 467. The van der Waals surface area contributed by atoms with Crippen LogP contribution in [0.15, 0.2) is 12.1 Å². The predicted octanol–water partition coefficient (Wildman–Crippen LogP) is 1.83. The zero-order valence-electron chi connectivity index (χ0n) is 11.8. The Hall–Kier alpha value is -1.46. The van der Waals surface area contributed by atoms with Crippen molar-refractivity contribution in [1.29, 1.82) is 0 Å². The molecule has 20 heavy (non-hydrogen) atoms. The molecule has 0 aliphatic heterocycles. The first-order chi connectivity index (χ1) is 9.47. The second-order valence-electron chi connectivity index (χ2n) is 5.92. The van der Waals surface area contributed by atoms with Crippen LogP contribution >= 0.6 is 0 Å². The Morgan fingerprint density at radius 3 is 2.40 bits per heavy atom. The van der Waals surface area contributed by atoms with E-state index < -0.39 is 5.75 Å². The van der Waals surface area contributed by atoms with Crippen molar-refractivity contribution in [2.24, 2.45) is 5.92 Å². The molecule has 1 aliphatic carbocycles. The van der Waals surface area contributed by atoms with Crippen molar-refractivity contribution in [3.63, 3.8) is 0 Å². The Labute approximate surface area is 118 Å². The number of aromatic hydroxyl groups is 3. The van der Waals surface area contributed by atoms with Gasteiger partial charge in [-0.05, 0) is 37.7 Å². The highest BCUT2D eigenvalue weighted by atomic mass is 16.3. The largest absolute Gasteiger partial charge is 0.504 e. The number of hydrogen-bond donors (Lipinski definition) is 5. The van der Waals surface area contributed by atoms with Gasteiger partial charge < -0.3 is 25.7 Å². The van der Waals surface area contributed by atoms with Gasteiger partial charge in [-0.25, -0.2) is 0 Å². The molecule has 112 valence electrons. The summed E-state index contributed by atoms with van der Waals surface area (Å²) in [5, 5.41) is 41.6. The van der Waals surface area contributed by atoms with Crippen LogP contribution in [0, 0.1) is 5.92 Å². The van der Waals surface area contributed by atoms with Crippen LogP contribution < -0.4 is 5.32 Å². The van der Waals surface area contributed by atoms with Gasteiger partial charge in [0.1, 0.15) is 0 Å². The lowest BCUT2D eigenvalue weighted by Gasteiger charge is -2.39. The number of benzene rings is 1. The minimum Gasteiger partial charge on any atom is -0.504 e. The molecule has 5 nitrogen and oxygen atoms in total. The van der Waals surface area contributed by atoms with Crippen LogP contribution in [0.1, 0.15) is 38.2 Å². The molecule has 5 N–H and O–H groups in total. The zero-order valence-corrected chi connectivity index (χ0v) is 11.8. The van der Waals surface area contributed by atoms with E-state index in [-0.39, 0.29) is 23.6 Å². The molecule has 0 saturated heterocycles. The lowest BCUT2D eigenvalue weighted by Crippen LogP contribution is -2.50. The fraction of sp³-hybridized carbons (Fsp3) is 0.600. The highest BCUT2D eigenvalue weighted by Gasteiger charge is 2.33. The van der Waals surface area contributed by atoms with E-state index in [2.05, 4.69) is 12.2 Å². The van der Waals surface area contributed by atoms with Gasteiger partial charge in [0.05, 0.1) is 6.61 Å². The van der Waals surface area contributed by atoms with Gasteiger partial charge >= 0.3 is 0 Å². The Kier molecular flexibility index (Phi) is 4.40. The molecule has 0 amide bonds. The summed E-state index contributed by atoms with van der Waals surface area (Å²) in [4.78, 5) is 0. The number of hydrogen-bond acceptors (Lipinski definition) is 5. The van der Waals surface area contributed by atoms with Crippen molar-refractivity contribution in [2.75, 3.05) is 6.61 Å². The van der Waals surface area contributed by atoms with Gasteiger partial charge in [0.2, 0.25) is 5.75 Å². The van der Waals surface area contributed by atoms with Crippen molar-refractivity contribution >= 4 is 0 Å². The molecule has 1 aromatic rings. The second-order valence-corrected chi connectivity index (χ2v) is 5.92. The van der Waals surface area contributed by atoms with E-state index in [1.54, 1.807) is 6.07 Å². The SMILES string of the molecule is CC1CCC(CO)(NCc2ccc(O)c(O)c2O)CC1. The van der Waals surface area contributed by atoms with Gasteiger partial charge in [-0.15, -0.1) is 0 Å². The molecular formula is C15H23NO4. The third-order valence-electron chi connectivity index (χ3n) is 4.40. The van der Waals surface area contributed by atoms with Crippen LogP contribution in [0.4, 0.5) is 0 Å². The molecule has 0 bridgehead atoms. The van der Waals surface area contributed by atoms with Crippen LogP contribution in [-0.2, 0) is 6.54 Å². The number of phenolic OH excluding ortho intramolecular Hbond substituents is 3. The summed E-state index contributed by atoms with van der Waals surface area (Å²) in [6.07, 6.45) is 3.94. The van der Waals surface area contributed by atoms with Crippen molar-refractivity contribution in [3.8, 4) is 17.2 Å². The minimum absolute atomic E-state index is 0.0601. The molecule has 1 aromatic carbocycles. The molecular weight excluding hydrogens is 258 g/mol. The van der Waals surface area contributed by atoms with E-state index >= 15 is 0 Å². The van der Waals surface area contributed by atoms with E-state index in [1.165, 1.54) is 6.07 Å². The molecule has 2 rings (SSSR count). The molecule has 0 spiro atoms. The number of aliphatic hydroxyl groups is 1. The van der Waals surface area contributed by atoms with Crippen LogP contribution in [0.3, 0.4) is 0 Å². The van der Waals surface area contributed by atoms with Gasteiger partial charge in [0.15, 0.2) is 11.5 Å². The zero-order chi connectivity index (χ0) is 14.8. The van der Waals surface area contributed by atoms with Gasteiger partial charge in [-0.3, -0.25) is 0 Å². The standard InChI is InChI=1S/C15H23NO4/c1-10-4-6-15(9-17,7-5-10)16-8-11-2-3-12(18)14(20)13(11)19/h2-3,10,16-20H,4-9H2,1H3. The first-order valence-electron chi connectivity index (χ1n) is 7.06. The number of aliphatic hydroxyl groups excluding tert-OH is 1. The molecule has 0 radical (unpaired) electrons. The summed E-state index contributed by atoms with van der Waals surface area (Å²) in [5.41, 5.74) is 0.193. The summed E-state index contributed by atoms with van der Waals surface area (Å²) < 4.78 is 0. The van der Waals surface area contributed by atoms with E-state index in [0.717, 1.165) is 25.7 Å². The summed E-state index contributed by atoms with van der Waals surface area (Å²) in [6.45, 7) is 2.62. The number of nitrogens with one attached hydrogen (secondary N) is 1. The van der Waals surface area contributed by atoms with E-state index in [4.69, 9.17) is 0 Å². The molecule has 0 aromatic heterocycles. The maximum absolute atomic E-state index is 9.79. The Morgan fingerprint density at radius 2 is 1.80 bits per heavy atom. The summed E-state index contributed by atoms with van der Waals surface area (Å²) in [6, 6.07) is 2.91. The van der Waals surface area contributed by atoms with Crippen molar-refractivity contribution < 1.29 is 20.4 Å². The molecule has 1 aliphatic rings. The first kappa shape index (κ1) is 14.9. The summed E-state index contributed by atoms with van der Waals surface area (Å²) in [5.74, 6) is -0.466. The predicted molar refractivity (Wildman–Crippen MR) is 75.7 cm³/mol. The number of phenols is 3. The second kappa shape index (κ2) is 5.89. The van der Waals surface area contributed by atoms with E-state index in [9.17, 15) is 20.4 Å². The fourth-order valence-electron chi connectivity index (χ4n) is 2.74. The average Bonchev–Trinajstić information content (AvgIpc) is 2.46. The van der Waals surface area contributed by atoms with E-state index in [1.807, 2.05) is 0 Å². The lowest BCUT2D eigenvalue weighted by atomic mass is 9.77. The van der Waals surface area contributed by atoms with Gasteiger partial charge in [-0.2, -0.15) is 0 Å². The average molecular weight is 281 g/mol. The van der Waals surface area contributed by atoms with Crippen LogP contribution in [0.2, 0.25) is 0 Å². The van der Waals surface area contributed by atoms with Crippen molar-refractivity contribution in [3.05, 3.63) is 17.7 Å². The fourth-order valence-corrected chi connectivity index (χ4v) is 2.74. The van der Waals surface area contributed by atoms with E-state index in [0.29, 0.717) is 18.0 Å². The molecule has 0 heterocycles. The van der Waals surface area contributed by atoms with Crippen LogP contribution in [-0.4, -0.2) is 32.6 Å². The van der Waals surface area contributed by atoms with Crippen molar-refractivity contribution in [2.45, 2.75) is 44.7 Å². The molecule has 1 fully saturated rings. The quantitative estimate of drug-likeness (QED) is 0.543. The number of rotatable bonds is 4. The molecule has 0 unspecified atom stereocenters. The van der Waals surface area contributed by atoms with Crippen LogP contribution in [0.25, 0.3) is 0 Å². The lowest BCUT2D eigenvalue weighted by molar-refractivity contribution is 0.104. The third-order valence-corrected chi connectivity index (χ3v) is 4.40. The van der Waals surface area contributed by atoms with Gasteiger partial charge in [-0.1, -0.05) is 13.0 Å². The highest BCUT2D eigenvalue weighted by molar-refractivity contribution is 5.53. The molecule has 5 heteroatoms. The summed E-state index contributed by atoms with van der Waals surface area (Å²) in [7, 11) is 0. The van der Waals surface area contributed by atoms with Gasteiger partial charge in [0.25, 0.3) is 0 Å². The Morgan fingerprint density at radius 1 is 1.15 bits per heavy atom. The maximum Gasteiger partial charge on any atom is 0.200 e. The molecule has 1 saturated carbocycles. The Balaban J connectivity index is 2.05. The third kappa shape index (κ3) is 2.99. The van der Waals surface area contributed by atoms with Crippen LogP contribution in [0.5, 0.6) is 17.2 Å². The summed E-state index contributed by atoms with van der Waals surface area (Å²) >= 11 is 0. The van der Waals surface area contributed by atoms with Gasteiger partial charge in [0, 0.05) is 17.6 Å². The topological polar surface area (TPSA) is 93.0 Å². The highest BCUT2D eigenvalue weighted by Crippen LogP contribution is 2.38. The smallest absolute Gasteiger partial charge is 0.200 e. The maximum atomic E-state index is 9.79. The first-order valence-corrected chi connectivity index (χ1v) is 7.06.